The van der Waals surface area contributed by atoms with Crippen molar-refractivity contribution >= 4 is 17.7 Å². The molecule has 7 heteroatoms. The van der Waals surface area contributed by atoms with Gasteiger partial charge in [-0.05, 0) is 26.7 Å². The quantitative estimate of drug-likeness (QED) is 0.424. The monoisotopic (exact) mass is 370 g/mol. The van der Waals surface area contributed by atoms with Crippen molar-refractivity contribution in [3.05, 3.63) is 0 Å². The van der Waals surface area contributed by atoms with Gasteiger partial charge in [-0.1, -0.05) is 27.7 Å². The summed E-state index contributed by atoms with van der Waals surface area (Å²) in [6, 6.07) is 0.111. The zero-order valence-electron chi connectivity index (χ0n) is 17.4. The molecule has 0 aromatic rings. The first kappa shape index (κ1) is 24.4. The molecule has 0 aromatic heterocycles. The van der Waals surface area contributed by atoms with Crippen LogP contribution in [0.5, 0.6) is 0 Å². The maximum atomic E-state index is 12.0. The summed E-state index contributed by atoms with van der Waals surface area (Å²) >= 11 is 0. The summed E-state index contributed by atoms with van der Waals surface area (Å²) in [5, 5.41) is 8.69. The Kier molecular flexibility index (Phi) is 12.7. The van der Waals surface area contributed by atoms with Crippen molar-refractivity contribution in [2.45, 2.75) is 60.4 Å². The van der Waals surface area contributed by atoms with Gasteiger partial charge in [0, 0.05) is 44.1 Å². The Bertz CT molecular complexity index is 409. The van der Waals surface area contributed by atoms with E-state index in [1.165, 1.54) is 0 Å². The van der Waals surface area contributed by atoms with E-state index in [0.29, 0.717) is 19.6 Å². The second-order valence-corrected chi connectivity index (χ2v) is 7.60. The Balaban J connectivity index is 4.30. The lowest BCUT2D eigenvalue weighted by molar-refractivity contribution is -0.124. The highest BCUT2D eigenvalue weighted by Crippen LogP contribution is 1.97. The highest BCUT2D eigenvalue weighted by atomic mass is 16.2. The van der Waals surface area contributed by atoms with Crippen molar-refractivity contribution in [2.75, 3.05) is 32.7 Å². The summed E-state index contributed by atoms with van der Waals surface area (Å²) in [4.78, 5) is 37.3. The Morgan fingerprint density at radius 2 is 1.19 bits per heavy atom. The minimum absolute atomic E-state index is 0.00238. The van der Waals surface area contributed by atoms with E-state index in [1.807, 2.05) is 41.5 Å². The van der Waals surface area contributed by atoms with Gasteiger partial charge in [-0.2, -0.15) is 0 Å². The van der Waals surface area contributed by atoms with E-state index >= 15 is 0 Å². The van der Waals surface area contributed by atoms with Gasteiger partial charge < -0.3 is 16.0 Å². The van der Waals surface area contributed by atoms with Gasteiger partial charge in [-0.25, -0.2) is 0 Å². The van der Waals surface area contributed by atoms with E-state index in [9.17, 15) is 14.4 Å². The lowest BCUT2D eigenvalue weighted by Gasteiger charge is -2.23. The van der Waals surface area contributed by atoms with Crippen molar-refractivity contribution in [1.82, 2.24) is 20.9 Å². The van der Waals surface area contributed by atoms with Gasteiger partial charge in [0.2, 0.25) is 17.7 Å². The second-order valence-electron chi connectivity index (χ2n) is 7.60. The Morgan fingerprint density at radius 3 is 1.54 bits per heavy atom. The first-order valence-electron chi connectivity index (χ1n) is 9.70. The van der Waals surface area contributed by atoms with E-state index in [1.54, 1.807) is 0 Å². The summed E-state index contributed by atoms with van der Waals surface area (Å²) in [5.74, 6) is 0.0495. The molecule has 0 saturated heterocycles. The molecule has 0 rings (SSSR count). The van der Waals surface area contributed by atoms with Crippen molar-refractivity contribution in [3.63, 3.8) is 0 Å². The molecule has 0 fully saturated rings. The van der Waals surface area contributed by atoms with Crippen molar-refractivity contribution in [2.24, 2.45) is 11.8 Å². The third-order valence-corrected chi connectivity index (χ3v) is 3.77. The molecule has 0 heterocycles. The highest BCUT2D eigenvalue weighted by Gasteiger charge is 2.13. The number of nitrogens with zero attached hydrogens (tertiary/aromatic N) is 1. The number of hydrogen-bond donors (Lipinski definition) is 3. The Morgan fingerprint density at radius 1 is 0.769 bits per heavy atom. The highest BCUT2D eigenvalue weighted by molar-refractivity contribution is 5.78. The van der Waals surface area contributed by atoms with E-state index in [-0.39, 0.29) is 35.6 Å². The summed E-state index contributed by atoms with van der Waals surface area (Å²) in [7, 11) is 0. The topological polar surface area (TPSA) is 90.5 Å². The molecule has 0 unspecified atom stereocenters. The molecule has 7 nitrogen and oxygen atoms in total. The van der Waals surface area contributed by atoms with Gasteiger partial charge in [-0.15, -0.1) is 0 Å². The van der Waals surface area contributed by atoms with Crippen LogP contribution in [0.15, 0.2) is 0 Å². The molecule has 0 aliphatic rings. The normalized spacial score (nSPS) is 11.3. The molecule has 0 radical (unpaired) electrons. The number of carbonyl (C=O) groups is 3. The number of nitrogens with one attached hydrogen (secondary N) is 3. The van der Waals surface area contributed by atoms with Crippen molar-refractivity contribution in [3.8, 4) is 0 Å². The number of amides is 3. The van der Waals surface area contributed by atoms with Gasteiger partial charge in [0.05, 0.1) is 6.54 Å². The molecule has 3 amide bonds. The zero-order chi connectivity index (χ0) is 20.1. The number of carbonyl (C=O) groups excluding carboxylic acids is 3. The lowest BCUT2D eigenvalue weighted by Crippen LogP contribution is -2.42. The zero-order valence-corrected chi connectivity index (χ0v) is 17.4. The first-order valence-corrected chi connectivity index (χ1v) is 9.70. The van der Waals surface area contributed by atoms with Crippen molar-refractivity contribution < 1.29 is 14.4 Å². The summed E-state index contributed by atoms with van der Waals surface area (Å²) in [6.45, 7) is 14.3. The van der Waals surface area contributed by atoms with Crippen LogP contribution in [0, 0.1) is 11.8 Å². The molecular formula is C19H38N4O3. The van der Waals surface area contributed by atoms with Crippen LogP contribution in [0.4, 0.5) is 0 Å². The van der Waals surface area contributed by atoms with Crippen LogP contribution in [-0.2, 0) is 14.4 Å². The molecule has 0 saturated carbocycles. The molecule has 0 spiro atoms. The lowest BCUT2D eigenvalue weighted by atomic mass is 10.2. The fourth-order valence-corrected chi connectivity index (χ4v) is 2.28. The number of rotatable bonds is 13. The first-order chi connectivity index (χ1) is 12.1. The van der Waals surface area contributed by atoms with Crippen LogP contribution < -0.4 is 16.0 Å². The fraction of sp³-hybridized carbons (Fsp3) is 0.842. The van der Waals surface area contributed by atoms with Gasteiger partial charge >= 0.3 is 0 Å². The van der Waals surface area contributed by atoms with Crippen LogP contribution in [0.1, 0.15) is 54.4 Å². The predicted octanol–water partition coefficient (Wildman–Crippen LogP) is 1.14. The minimum atomic E-state index is -0.0208. The van der Waals surface area contributed by atoms with Gasteiger partial charge in [0.25, 0.3) is 0 Å². The average molecular weight is 371 g/mol. The molecule has 0 aromatic carbocycles. The smallest absolute Gasteiger partial charge is 0.234 e. The van der Waals surface area contributed by atoms with Crippen LogP contribution >= 0.6 is 0 Å². The maximum Gasteiger partial charge on any atom is 0.234 e. The molecule has 3 N–H and O–H groups in total. The largest absolute Gasteiger partial charge is 0.356 e. The molecule has 0 bridgehead atoms. The van der Waals surface area contributed by atoms with Crippen LogP contribution in [-0.4, -0.2) is 61.4 Å². The molecule has 0 aliphatic carbocycles. The van der Waals surface area contributed by atoms with Gasteiger partial charge in [0.1, 0.15) is 0 Å². The Hall–Kier alpha value is -1.63. The van der Waals surface area contributed by atoms with Crippen LogP contribution in [0.3, 0.4) is 0 Å². The van der Waals surface area contributed by atoms with E-state index in [0.717, 1.165) is 25.9 Å². The molecule has 0 atom stereocenters. The summed E-state index contributed by atoms with van der Waals surface area (Å²) in [6.07, 6.45) is 1.57. The SMILES string of the molecule is CC(C)NC(=O)CN(CCCNC(=O)C(C)C)CCCNC(=O)C(C)C. The van der Waals surface area contributed by atoms with Gasteiger partial charge in [-0.3, -0.25) is 19.3 Å². The molecular weight excluding hydrogens is 332 g/mol. The van der Waals surface area contributed by atoms with Gasteiger partial charge in [0.15, 0.2) is 0 Å². The minimum Gasteiger partial charge on any atom is -0.356 e. The van der Waals surface area contributed by atoms with E-state index in [2.05, 4.69) is 20.9 Å². The maximum absolute atomic E-state index is 12.0. The van der Waals surface area contributed by atoms with E-state index in [4.69, 9.17) is 0 Å². The Labute approximate surface area is 158 Å². The fourth-order valence-electron chi connectivity index (χ4n) is 2.28. The van der Waals surface area contributed by atoms with E-state index < -0.39 is 0 Å². The third kappa shape index (κ3) is 12.7. The van der Waals surface area contributed by atoms with Crippen LogP contribution in [0.25, 0.3) is 0 Å². The summed E-state index contributed by atoms with van der Waals surface area (Å²) < 4.78 is 0. The molecule has 26 heavy (non-hydrogen) atoms. The second kappa shape index (κ2) is 13.6. The molecule has 152 valence electrons. The van der Waals surface area contributed by atoms with Crippen molar-refractivity contribution in [1.29, 1.82) is 0 Å². The number of hydrogen-bond acceptors (Lipinski definition) is 4. The predicted molar refractivity (Wildman–Crippen MR) is 105 cm³/mol. The van der Waals surface area contributed by atoms with Crippen LogP contribution in [0.2, 0.25) is 0 Å². The summed E-state index contributed by atoms with van der Waals surface area (Å²) in [5.41, 5.74) is 0. The third-order valence-electron chi connectivity index (χ3n) is 3.77. The average Bonchev–Trinajstić information content (AvgIpc) is 2.53. The molecule has 0 aliphatic heterocycles. The standard InChI is InChI=1S/C19H38N4O3/c1-14(2)18(25)20-9-7-11-23(13-17(24)22-16(5)6)12-8-10-21-19(26)15(3)4/h14-16H,7-13H2,1-6H3,(H,20,25)(H,21,26)(H,22,24).